The fourth-order valence-electron chi connectivity index (χ4n) is 1.84. The summed E-state index contributed by atoms with van der Waals surface area (Å²) in [4.78, 5) is 15.5. The molecule has 7 heteroatoms. The van der Waals surface area contributed by atoms with Gasteiger partial charge in [0, 0.05) is 31.3 Å². The quantitative estimate of drug-likeness (QED) is 0.841. The Hall–Kier alpha value is -1.21. The van der Waals surface area contributed by atoms with Gasteiger partial charge in [-0.25, -0.2) is 4.98 Å². The van der Waals surface area contributed by atoms with Crippen molar-refractivity contribution in [1.82, 2.24) is 9.36 Å². The van der Waals surface area contributed by atoms with Crippen LogP contribution in [0.4, 0.5) is 5.13 Å². The molecule has 0 radical (unpaired) electrons. The molecule has 0 aromatic carbocycles. The van der Waals surface area contributed by atoms with E-state index in [-0.39, 0.29) is 0 Å². The van der Waals surface area contributed by atoms with Crippen LogP contribution in [0, 0.1) is 12.3 Å². The zero-order valence-corrected chi connectivity index (χ0v) is 10.4. The smallest absolute Gasteiger partial charge is 0.311 e. The molecule has 2 heterocycles. The zero-order chi connectivity index (χ0) is 12.3. The highest BCUT2D eigenvalue weighted by Crippen LogP contribution is 2.31. The molecule has 0 bridgehead atoms. The molecule has 1 aliphatic rings. The summed E-state index contributed by atoms with van der Waals surface area (Å²) in [6.45, 7) is 3.19. The molecule has 0 atom stereocenters. The van der Waals surface area contributed by atoms with Crippen molar-refractivity contribution in [3.8, 4) is 0 Å². The molecule has 2 rings (SSSR count). The van der Waals surface area contributed by atoms with E-state index in [1.54, 1.807) is 0 Å². The topological polar surface area (TPSA) is 84.3 Å². The standard InChI is InChI=1S/C10H15N3O3S/c1-7-12-9(17-13-7)11-6-10(8(14)15)2-4-16-5-3-10/h2-6H2,1H3,(H,14,15)(H,11,12,13). The molecule has 1 aliphatic heterocycles. The van der Waals surface area contributed by atoms with Crippen molar-refractivity contribution in [3.05, 3.63) is 5.82 Å². The summed E-state index contributed by atoms with van der Waals surface area (Å²) >= 11 is 1.25. The SMILES string of the molecule is Cc1nsc(NCC2(C(=O)O)CCOCC2)n1. The molecule has 1 fully saturated rings. The first kappa shape index (κ1) is 12.3. The summed E-state index contributed by atoms with van der Waals surface area (Å²) in [6.07, 6.45) is 1.07. The van der Waals surface area contributed by atoms with Crippen molar-refractivity contribution in [2.75, 3.05) is 25.1 Å². The van der Waals surface area contributed by atoms with E-state index >= 15 is 0 Å². The number of carbonyl (C=O) groups is 1. The van der Waals surface area contributed by atoms with E-state index in [1.807, 2.05) is 6.92 Å². The molecule has 0 saturated carbocycles. The molecule has 0 amide bonds. The number of nitrogens with zero attached hydrogens (tertiary/aromatic N) is 2. The lowest BCUT2D eigenvalue weighted by Gasteiger charge is -2.32. The van der Waals surface area contributed by atoms with E-state index < -0.39 is 11.4 Å². The van der Waals surface area contributed by atoms with Crippen LogP contribution < -0.4 is 5.32 Å². The third kappa shape index (κ3) is 2.73. The van der Waals surface area contributed by atoms with Crippen molar-refractivity contribution in [2.24, 2.45) is 5.41 Å². The minimum absolute atomic E-state index is 0.375. The summed E-state index contributed by atoms with van der Waals surface area (Å²) in [5.74, 6) is -0.0663. The number of hydrogen-bond acceptors (Lipinski definition) is 6. The van der Waals surface area contributed by atoms with Crippen molar-refractivity contribution in [2.45, 2.75) is 19.8 Å². The normalized spacial score (nSPS) is 18.9. The van der Waals surface area contributed by atoms with Gasteiger partial charge < -0.3 is 15.2 Å². The van der Waals surface area contributed by atoms with Gasteiger partial charge in [-0.05, 0) is 19.8 Å². The number of carboxylic acids is 1. The maximum atomic E-state index is 11.4. The number of hydrogen-bond donors (Lipinski definition) is 2. The molecular weight excluding hydrogens is 242 g/mol. The highest BCUT2D eigenvalue weighted by molar-refractivity contribution is 7.09. The van der Waals surface area contributed by atoms with Crippen LogP contribution in [-0.2, 0) is 9.53 Å². The van der Waals surface area contributed by atoms with E-state index in [9.17, 15) is 9.90 Å². The maximum absolute atomic E-state index is 11.4. The molecule has 2 N–H and O–H groups in total. The fourth-order valence-corrected chi connectivity index (χ4v) is 2.41. The molecule has 17 heavy (non-hydrogen) atoms. The Morgan fingerprint density at radius 2 is 2.29 bits per heavy atom. The lowest BCUT2D eigenvalue weighted by atomic mass is 9.80. The number of ether oxygens (including phenoxy) is 1. The fraction of sp³-hybridized carbons (Fsp3) is 0.700. The van der Waals surface area contributed by atoms with Crippen LogP contribution in [0.15, 0.2) is 0 Å². The number of anilines is 1. The van der Waals surface area contributed by atoms with Crippen LogP contribution >= 0.6 is 11.5 Å². The van der Waals surface area contributed by atoms with Gasteiger partial charge in [-0.1, -0.05) is 0 Å². The van der Waals surface area contributed by atoms with Crippen molar-refractivity contribution >= 4 is 22.6 Å². The van der Waals surface area contributed by atoms with Crippen LogP contribution in [0.5, 0.6) is 0 Å². The van der Waals surface area contributed by atoms with Gasteiger partial charge >= 0.3 is 5.97 Å². The highest BCUT2D eigenvalue weighted by Gasteiger charge is 2.40. The van der Waals surface area contributed by atoms with Gasteiger partial charge in [0.15, 0.2) is 0 Å². The predicted molar refractivity (Wildman–Crippen MR) is 63.3 cm³/mol. The summed E-state index contributed by atoms with van der Waals surface area (Å²) in [5, 5.41) is 13.1. The van der Waals surface area contributed by atoms with Gasteiger partial charge in [0.1, 0.15) is 5.82 Å². The van der Waals surface area contributed by atoms with E-state index in [4.69, 9.17) is 4.74 Å². The summed E-state index contributed by atoms with van der Waals surface area (Å²) in [6, 6.07) is 0. The predicted octanol–water partition coefficient (Wildman–Crippen LogP) is 1.14. The molecule has 6 nitrogen and oxygen atoms in total. The van der Waals surface area contributed by atoms with Crippen LogP contribution in [0.3, 0.4) is 0 Å². The van der Waals surface area contributed by atoms with Crippen LogP contribution in [0.25, 0.3) is 0 Å². The number of carboxylic acid groups (broad SMARTS) is 1. The lowest BCUT2D eigenvalue weighted by Crippen LogP contribution is -2.42. The Labute approximate surface area is 103 Å². The van der Waals surface area contributed by atoms with Crippen LogP contribution in [0.2, 0.25) is 0 Å². The molecule has 0 unspecified atom stereocenters. The molecule has 0 spiro atoms. The van der Waals surface area contributed by atoms with Crippen molar-refractivity contribution < 1.29 is 14.6 Å². The van der Waals surface area contributed by atoms with E-state index in [2.05, 4.69) is 14.7 Å². The van der Waals surface area contributed by atoms with Gasteiger partial charge in [-0.15, -0.1) is 0 Å². The Morgan fingerprint density at radius 1 is 1.59 bits per heavy atom. The Balaban J connectivity index is 2.00. The Bertz CT molecular complexity index is 401. The Kier molecular flexibility index (Phi) is 3.58. The first-order valence-electron chi connectivity index (χ1n) is 5.48. The Morgan fingerprint density at radius 3 is 2.82 bits per heavy atom. The average molecular weight is 257 g/mol. The highest BCUT2D eigenvalue weighted by atomic mass is 32.1. The molecule has 1 aromatic rings. The van der Waals surface area contributed by atoms with Gasteiger partial charge in [-0.3, -0.25) is 4.79 Å². The minimum Gasteiger partial charge on any atom is -0.481 e. The van der Waals surface area contributed by atoms with Gasteiger partial charge in [0.25, 0.3) is 0 Å². The van der Waals surface area contributed by atoms with Crippen molar-refractivity contribution in [1.29, 1.82) is 0 Å². The van der Waals surface area contributed by atoms with Gasteiger partial charge in [0.05, 0.1) is 5.41 Å². The molecular formula is C10H15N3O3S. The van der Waals surface area contributed by atoms with E-state index in [0.717, 1.165) is 0 Å². The summed E-state index contributed by atoms with van der Waals surface area (Å²) in [5.41, 5.74) is -0.738. The average Bonchev–Trinajstić information content (AvgIpc) is 2.74. The summed E-state index contributed by atoms with van der Waals surface area (Å²) in [7, 11) is 0. The molecule has 1 saturated heterocycles. The van der Waals surface area contributed by atoms with E-state index in [0.29, 0.717) is 43.6 Å². The van der Waals surface area contributed by atoms with Gasteiger partial charge in [0.2, 0.25) is 5.13 Å². The first-order valence-corrected chi connectivity index (χ1v) is 6.25. The third-order valence-electron chi connectivity index (χ3n) is 3.01. The first-order chi connectivity index (χ1) is 8.12. The molecule has 1 aromatic heterocycles. The summed E-state index contributed by atoms with van der Waals surface area (Å²) < 4.78 is 9.26. The second-order valence-electron chi connectivity index (χ2n) is 4.20. The maximum Gasteiger partial charge on any atom is 0.311 e. The molecule has 0 aliphatic carbocycles. The number of aliphatic carboxylic acids is 1. The second kappa shape index (κ2) is 4.97. The third-order valence-corrected chi connectivity index (χ3v) is 3.77. The lowest BCUT2D eigenvalue weighted by molar-refractivity contribution is -0.153. The van der Waals surface area contributed by atoms with Crippen LogP contribution in [0.1, 0.15) is 18.7 Å². The van der Waals surface area contributed by atoms with Gasteiger partial charge in [-0.2, -0.15) is 4.37 Å². The number of aromatic nitrogens is 2. The van der Waals surface area contributed by atoms with Crippen LogP contribution in [-0.4, -0.2) is 40.2 Å². The monoisotopic (exact) mass is 257 g/mol. The number of nitrogens with one attached hydrogen (secondary N) is 1. The second-order valence-corrected chi connectivity index (χ2v) is 4.95. The van der Waals surface area contributed by atoms with Crippen molar-refractivity contribution in [3.63, 3.8) is 0 Å². The number of rotatable bonds is 4. The zero-order valence-electron chi connectivity index (χ0n) is 9.60. The van der Waals surface area contributed by atoms with E-state index in [1.165, 1.54) is 11.5 Å². The largest absolute Gasteiger partial charge is 0.481 e. The minimum atomic E-state index is -0.769. The number of aryl methyl sites for hydroxylation is 1. The molecule has 94 valence electrons.